The van der Waals surface area contributed by atoms with Crippen LogP contribution in [0.4, 0.5) is 11.4 Å². The van der Waals surface area contributed by atoms with E-state index in [1.807, 2.05) is 31.2 Å². The van der Waals surface area contributed by atoms with Crippen molar-refractivity contribution in [1.29, 1.82) is 0 Å². The van der Waals surface area contributed by atoms with Gasteiger partial charge in [0.25, 0.3) is 17.7 Å². The van der Waals surface area contributed by atoms with E-state index in [9.17, 15) is 24.5 Å². The Kier molecular flexibility index (Phi) is 6.05. The lowest BCUT2D eigenvalue weighted by molar-refractivity contribution is -0.385. The van der Waals surface area contributed by atoms with Gasteiger partial charge in [0.05, 0.1) is 23.0 Å². The number of aryl methyl sites for hydroxylation is 1. The lowest BCUT2D eigenvalue weighted by Crippen LogP contribution is -2.28. The number of nitro benzene ring substituents is 1. The van der Waals surface area contributed by atoms with E-state index >= 15 is 0 Å². The summed E-state index contributed by atoms with van der Waals surface area (Å²) in [6.07, 6.45) is 5.85. The average Bonchev–Trinajstić information content (AvgIpc) is 3.52. The summed E-state index contributed by atoms with van der Waals surface area (Å²) in [7, 11) is 0. The third-order valence-electron chi connectivity index (χ3n) is 6.79. The molecule has 1 N–H and O–H groups in total. The molecule has 2 aromatic carbocycles. The van der Waals surface area contributed by atoms with Crippen molar-refractivity contribution in [2.75, 3.05) is 11.9 Å². The van der Waals surface area contributed by atoms with Gasteiger partial charge in [-0.2, -0.15) is 10.1 Å². The fourth-order valence-corrected chi connectivity index (χ4v) is 5.37. The smallest absolute Gasteiger partial charge is 0.313 e. The van der Waals surface area contributed by atoms with E-state index in [-0.39, 0.29) is 28.2 Å². The Labute approximate surface area is 210 Å². The maximum atomic E-state index is 12.9. The molecule has 1 aliphatic heterocycles. The van der Waals surface area contributed by atoms with Crippen molar-refractivity contribution in [3.05, 3.63) is 74.8 Å². The molecule has 3 amide bonds. The number of allylic oxidation sites excluding steroid dienone is 2. The van der Waals surface area contributed by atoms with Gasteiger partial charge >= 0.3 is 5.69 Å². The number of imide groups is 1. The van der Waals surface area contributed by atoms with Crippen LogP contribution in [0.2, 0.25) is 5.02 Å². The quantitative estimate of drug-likeness (QED) is 0.199. The summed E-state index contributed by atoms with van der Waals surface area (Å²) in [5.74, 6) is -2.39. The highest BCUT2D eigenvalue weighted by Crippen LogP contribution is 2.52. The van der Waals surface area contributed by atoms with Crippen molar-refractivity contribution in [3.63, 3.8) is 0 Å². The molecular weight excluding hydrogens is 488 g/mol. The molecule has 36 heavy (non-hydrogen) atoms. The normalized spacial score (nSPS) is 24.0. The number of carbonyl (C=O) groups excluding carboxylic acids is 3. The zero-order valence-electron chi connectivity index (χ0n) is 19.1. The van der Waals surface area contributed by atoms with Crippen LogP contribution in [0, 0.1) is 40.7 Å². The predicted molar refractivity (Wildman–Crippen MR) is 131 cm³/mol. The number of para-hydroxylation sites is 1. The molecule has 10 nitrogen and oxygen atoms in total. The van der Waals surface area contributed by atoms with E-state index in [1.54, 1.807) is 12.1 Å². The Balaban J connectivity index is 1.38. The molecule has 1 heterocycles. The van der Waals surface area contributed by atoms with E-state index in [0.717, 1.165) is 29.3 Å². The molecule has 5 rings (SSSR count). The van der Waals surface area contributed by atoms with Gasteiger partial charge in [0.2, 0.25) is 5.75 Å². The first-order valence-electron chi connectivity index (χ1n) is 11.3. The van der Waals surface area contributed by atoms with Gasteiger partial charge in [-0.25, -0.2) is 0 Å². The summed E-state index contributed by atoms with van der Waals surface area (Å²) in [5.41, 5.74) is 0.991. The van der Waals surface area contributed by atoms with Crippen molar-refractivity contribution >= 4 is 46.9 Å². The molecule has 1 saturated carbocycles. The molecule has 2 aliphatic carbocycles. The molecule has 3 aliphatic rings. The molecule has 2 fully saturated rings. The van der Waals surface area contributed by atoms with Gasteiger partial charge in [0.1, 0.15) is 0 Å². The van der Waals surface area contributed by atoms with Gasteiger partial charge in [-0.1, -0.05) is 42.0 Å². The Morgan fingerprint density at radius 1 is 1.22 bits per heavy atom. The summed E-state index contributed by atoms with van der Waals surface area (Å²) in [4.78, 5) is 49.2. The van der Waals surface area contributed by atoms with Crippen LogP contribution < -0.4 is 10.1 Å². The Morgan fingerprint density at radius 3 is 2.53 bits per heavy atom. The molecule has 4 atom stereocenters. The highest BCUT2D eigenvalue weighted by molar-refractivity contribution is 6.31. The number of nitrogens with zero attached hydrogens (tertiary/aromatic N) is 3. The Morgan fingerprint density at radius 2 is 1.89 bits per heavy atom. The van der Waals surface area contributed by atoms with Crippen LogP contribution in [0.3, 0.4) is 0 Å². The van der Waals surface area contributed by atoms with Gasteiger partial charge < -0.3 is 10.1 Å². The Bertz CT molecular complexity index is 1330. The molecule has 11 heteroatoms. The number of halogens is 1. The number of amides is 3. The van der Waals surface area contributed by atoms with Crippen LogP contribution in [0.1, 0.15) is 17.5 Å². The van der Waals surface area contributed by atoms with Gasteiger partial charge in [0, 0.05) is 22.3 Å². The number of nitrogens with one attached hydrogen (secondary N) is 1. The number of hydrogen-bond acceptors (Lipinski definition) is 7. The second-order valence-electron chi connectivity index (χ2n) is 8.98. The number of rotatable bonds is 7. The number of nitro groups is 1. The fraction of sp³-hybridized carbons (Fsp3) is 0.280. The summed E-state index contributed by atoms with van der Waals surface area (Å²) in [6, 6.07) is 9.58. The molecule has 1 saturated heterocycles. The number of hydrogen-bond donors (Lipinski definition) is 1. The van der Waals surface area contributed by atoms with Gasteiger partial charge in [-0.05, 0) is 42.9 Å². The van der Waals surface area contributed by atoms with Crippen LogP contribution in [0.25, 0.3) is 0 Å². The first kappa shape index (κ1) is 23.7. The maximum absolute atomic E-state index is 12.9. The second-order valence-corrected chi connectivity index (χ2v) is 9.42. The lowest BCUT2D eigenvalue weighted by Gasteiger charge is -2.13. The number of anilines is 1. The molecule has 0 unspecified atom stereocenters. The van der Waals surface area contributed by atoms with Crippen molar-refractivity contribution in [2.24, 2.45) is 28.8 Å². The van der Waals surface area contributed by atoms with Gasteiger partial charge in [-0.15, -0.1) is 0 Å². The van der Waals surface area contributed by atoms with Crippen molar-refractivity contribution < 1.29 is 24.0 Å². The van der Waals surface area contributed by atoms with Gasteiger partial charge in [-0.3, -0.25) is 24.5 Å². The molecule has 184 valence electrons. The topological polar surface area (TPSA) is 131 Å². The number of benzene rings is 2. The summed E-state index contributed by atoms with van der Waals surface area (Å²) < 4.78 is 5.54. The highest BCUT2D eigenvalue weighted by atomic mass is 35.5. The third-order valence-corrected chi connectivity index (χ3v) is 7.00. The van der Waals surface area contributed by atoms with Crippen LogP contribution in [-0.4, -0.2) is 40.5 Å². The minimum atomic E-state index is -0.697. The predicted octanol–water partition coefficient (Wildman–Crippen LogP) is 3.72. The molecule has 0 aromatic heterocycles. The van der Waals surface area contributed by atoms with E-state index in [4.69, 9.17) is 16.3 Å². The standard InChI is InChI=1S/C25H21ClN4O6/c1-13-4-2-3-5-18(13)28-20(31)12-36-23-16(9-17(26)10-19(23)30(34)35)11-27-29-24(32)21-14-6-7-15(8-14)22(21)25(29)33/h2-7,9-11,14-15,21-22H,8,12H2,1H3,(H,28,31)/t14-,15-,21-,22+/m0/s1. The van der Waals surface area contributed by atoms with Crippen LogP contribution in [0.15, 0.2) is 53.7 Å². The van der Waals surface area contributed by atoms with Crippen LogP contribution in [0.5, 0.6) is 5.75 Å². The van der Waals surface area contributed by atoms with E-state index in [1.165, 1.54) is 6.07 Å². The fourth-order valence-electron chi connectivity index (χ4n) is 5.15. The first-order chi connectivity index (χ1) is 17.2. The van der Waals surface area contributed by atoms with E-state index in [2.05, 4.69) is 10.4 Å². The van der Waals surface area contributed by atoms with Crippen molar-refractivity contribution in [3.8, 4) is 5.75 Å². The zero-order chi connectivity index (χ0) is 25.6. The monoisotopic (exact) mass is 508 g/mol. The molecule has 2 aromatic rings. The largest absolute Gasteiger partial charge is 0.476 e. The second kappa shape index (κ2) is 9.19. The van der Waals surface area contributed by atoms with E-state index in [0.29, 0.717) is 5.69 Å². The number of ether oxygens (including phenoxy) is 1. The number of carbonyl (C=O) groups is 3. The Hall–Kier alpha value is -4.05. The minimum absolute atomic E-state index is 0.0227. The van der Waals surface area contributed by atoms with E-state index < -0.39 is 46.8 Å². The molecule has 0 spiro atoms. The van der Waals surface area contributed by atoms with Crippen LogP contribution >= 0.6 is 11.6 Å². The molecular formula is C25H21ClN4O6. The number of hydrazone groups is 1. The van der Waals surface area contributed by atoms with Gasteiger partial charge in [0.15, 0.2) is 6.61 Å². The zero-order valence-corrected chi connectivity index (χ0v) is 19.8. The molecule has 2 bridgehead atoms. The maximum Gasteiger partial charge on any atom is 0.313 e. The lowest BCUT2D eigenvalue weighted by atomic mass is 9.85. The third kappa shape index (κ3) is 4.13. The first-order valence-corrected chi connectivity index (χ1v) is 11.7. The van der Waals surface area contributed by atoms with Crippen molar-refractivity contribution in [1.82, 2.24) is 5.01 Å². The van der Waals surface area contributed by atoms with Crippen LogP contribution in [-0.2, 0) is 14.4 Å². The highest BCUT2D eigenvalue weighted by Gasteiger charge is 2.59. The summed E-state index contributed by atoms with van der Waals surface area (Å²) >= 11 is 6.07. The minimum Gasteiger partial charge on any atom is -0.476 e. The summed E-state index contributed by atoms with van der Waals surface area (Å²) in [5, 5.41) is 19.3. The average molecular weight is 509 g/mol. The number of fused-ring (bicyclic) bond motifs is 5. The molecule has 0 radical (unpaired) electrons. The summed E-state index contributed by atoms with van der Waals surface area (Å²) in [6.45, 7) is 1.30. The SMILES string of the molecule is Cc1ccccc1NC(=O)COc1c(C=NN2C(=O)[C@@H]3[C@H](C2=O)[C@H]2C=C[C@H]3C2)cc(Cl)cc1[N+](=O)[O-]. The van der Waals surface area contributed by atoms with Crippen molar-refractivity contribution in [2.45, 2.75) is 13.3 Å².